The third-order valence-electron chi connectivity index (χ3n) is 4.57. The Hall–Kier alpha value is -0.860. The van der Waals surface area contributed by atoms with Crippen molar-refractivity contribution in [2.45, 2.75) is 58.3 Å². The third-order valence-corrected chi connectivity index (χ3v) is 4.57. The number of hydrogen-bond donors (Lipinski definition) is 3. The topological polar surface area (TPSA) is 51.7 Å². The summed E-state index contributed by atoms with van der Waals surface area (Å²) in [7, 11) is 1.84. The Morgan fingerprint density at radius 3 is 2.50 bits per heavy atom. The molecule has 1 heterocycles. The molecule has 1 fully saturated rings. The van der Waals surface area contributed by atoms with Crippen LogP contribution in [0.3, 0.4) is 0 Å². The van der Waals surface area contributed by atoms with Crippen molar-refractivity contribution in [1.29, 1.82) is 0 Å². The van der Waals surface area contributed by atoms with Gasteiger partial charge in [0.2, 0.25) is 0 Å². The molecule has 1 aromatic rings. The van der Waals surface area contributed by atoms with Crippen molar-refractivity contribution in [3.05, 3.63) is 35.9 Å². The molecule has 0 spiro atoms. The lowest BCUT2D eigenvalue weighted by Gasteiger charge is -2.22. The third kappa shape index (κ3) is 8.22. The molecule has 1 saturated heterocycles. The summed E-state index contributed by atoms with van der Waals surface area (Å²) in [6.07, 6.45) is 1.15. The number of halogens is 1. The maximum Gasteiger partial charge on any atom is 0.191 e. The zero-order valence-electron chi connectivity index (χ0n) is 16.9. The van der Waals surface area contributed by atoms with Crippen LogP contribution in [0.25, 0.3) is 0 Å². The fourth-order valence-corrected chi connectivity index (χ4v) is 3.25. The van der Waals surface area contributed by atoms with Crippen molar-refractivity contribution in [1.82, 2.24) is 20.9 Å². The number of hydrogen-bond acceptors (Lipinski definition) is 3. The number of nitrogens with zero attached hydrogens (tertiary/aromatic N) is 2. The van der Waals surface area contributed by atoms with E-state index in [0.29, 0.717) is 12.1 Å². The Kier molecular flexibility index (Phi) is 9.89. The quantitative estimate of drug-likeness (QED) is 0.258. The van der Waals surface area contributed by atoms with Gasteiger partial charge in [-0.3, -0.25) is 9.89 Å². The van der Waals surface area contributed by atoms with E-state index >= 15 is 0 Å². The van der Waals surface area contributed by atoms with Crippen LogP contribution in [0.2, 0.25) is 0 Å². The predicted octanol–water partition coefficient (Wildman–Crippen LogP) is 2.82. The van der Waals surface area contributed by atoms with Gasteiger partial charge >= 0.3 is 0 Å². The fourth-order valence-electron chi connectivity index (χ4n) is 3.25. The average Bonchev–Trinajstić information content (AvgIpc) is 2.90. The number of rotatable bonds is 6. The standard InChI is InChI=1S/C20H35N5.HI/c1-16-13-18(15-25(16)14-17-9-7-6-8-10-17)24-19(21-5)22-11-12-23-20(2,3)4;/h6-10,16,18,23H,11-15H2,1-5H3,(H2,21,22,24);1H. The molecule has 1 aromatic carbocycles. The molecule has 0 bridgehead atoms. The minimum absolute atomic E-state index is 0. The van der Waals surface area contributed by atoms with Gasteiger partial charge in [0.1, 0.15) is 0 Å². The molecule has 0 radical (unpaired) electrons. The number of benzene rings is 1. The highest BCUT2D eigenvalue weighted by Crippen LogP contribution is 2.20. The van der Waals surface area contributed by atoms with Crippen LogP contribution in [0.1, 0.15) is 39.7 Å². The van der Waals surface area contributed by atoms with Crippen LogP contribution in [-0.2, 0) is 6.54 Å². The summed E-state index contributed by atoms with van der Waals surface area (Å²) in [5.41, 5.74) is 1.53. The summed E-state index contributed by atoms with van der Waals surface area (Å²) in [5.74, 6) is 0.898. The number of likely N-dealkylation sites (tertiary alicyclic amines) is 1. The van der Waals surface area contributed by atoms with Crippen LogP contribution in [0, 0.1) is 0 Å². The minimum atomic E-state index is 0. The van der Waals surface area contributed by atoms with E-state index in [9.17, 15) is 0 Å². The second kappa shape index (κ2) is 11.1. The second-order valence-corrected chi connectivity index (χ2v) is 8.02. The Morgan fingerprint density at radius 2 is 1.88 bits per heavy atom. The van der Waals surface area contributed by atoms with Gasteiger partial charge in [-0.1, -0.05) is 30.3 Å². The molecule has 3 N–H and O–H groups in total. The van der Waals surface area contributed by atoms with Crippen molar-refractivity contribution in [2.24, 2.45) is 4.99 Å². The lowest BCUT2D eigenvalue weighted by molar-refractivity contribution is 0.258. The predicted molar refractivity (Wildman–Crippen MR) is 122 cm³/mol. The highest BCUT2D eigenvalue weighted by atomic mass is 127. The molecule has 0 aliphatic carbocycles. The van der Waals surface area contributed by atoms with Crippen molar-refractivity contribution >= 4 is 29.9 Å². The van der Waals surface area contributed by atoms with E-state index in [-0.39, 0.29) is 29.5 Å². The van der Waals surface area contributed by atoms with Crippen LogP contribution in [0.4, 0.5) is 0 Å². The van der Waals surface area contributed by atoms with Crippen molar-refractivity contribution in [2.75, 3.05) is 26.7 Å². The molecule has 5 nitrogen and oxygen atoms in total. The maximum absolute atomic E-state index is 4.37. The van der Waals surface area contributed by atoms with Gasteiger partial charge in [-0.15, -0.1) is 24.0 Å². The molecular formula is C20H36IN5. The second-order valence-electron chi connectivity index (χ2n) is 8.02. The summed E-state index contributed by atoms with van der Waals surface area (Å²) in [6.45, 7) is 12.7. The maximum atomic E-state index is 4.37. The summed E-state index contributed by atoms with van der Waals surface area (Å²) in [6, 6.07) is 11.7. The molecule has 1 aliphatic rings. The van der Waals surface area contributed by atoms with E-state index in [0.717, 1.165) is 38.6 Å². The first-order valence-corrected chi connectivity index (χ1v) is 9.37. The van der Waals surface area contributed by atoms with Crippen LogP contribution < -0.4 is 16.0 Å². The Balaban J connectivity index is 0.00000338. The van der Waals surface area contributed by atoms with Crippen LogP contribution in [0.5, 0.6) is 0 Å². The molecule has 0 amide bonds. The Labute approximate surface area is 176 Å². The molecular weight excluding hydrogens is 437 g/mol. The SMILES string of the molecule is CN=C(NCCNC(C)(C)C)NC1CC(C)N(Cc2ccccc2)C1.I. The first-order chi connectivity index (χ1) is 11.9. The molecule has 2 unspecified atom stereocenters. The van der Waals surface area contributed by atoms with Gasteiger partial charge in [-0.2, -0.15) is 0 Å². The van der Waals surface area contributed by atoms with E-state index < -0.39 is 0 Å². The molecule has 6 heteroatoms. The molecule has 2 atom stereocenters. The highest BCUT2D eigenvalue weighted by Gasteiger charge is 2.29. The largest absolute Gasteiger partial charge is 0.355 e. The molecule has 2 rings (SSSR count). The Morgan fingerprint density at radius 1 is 1.19 bits per heavy atom. The van der Waals surface area contributed by atoms with Gasteiger partial charge in [0.05, 0.1) is 0 Å². The van der Waals surface area contributed by atoms with E-state index in [2.05, 4.69) is 83.9 Å². The van der Waals surface area contributed by atoms with Crippen LogP contribution >= 0.6 is 24.0 Å². The summed E-state index contributed by atoms with van der Waals surface area (Å²) in [5, 5.41) is 10.5. The van der Waals surface area contributed by atoms with Gasteiger partial charge < -0.3 is 16.0 Å². The van der Waals surface area contributed by atoms with Gasteiger partial charge in [0.25, 0.3) is 0 Å². The van der Waals surface area contributed by atoms with E-state index in [4.69, 9.17) is 0 Å². The van der Waals surface area contributed by atoms with Gasteiger partial charge in [-0.05, 0) is 39.7 Å². The van der Waals surface area contributed by atoms with Gasteiger partial charge in [-0.25, -0.2) is 0 Å². The van der Waals surface area contributed by atoms with Gasteiger partial charge in [0, 0.05) is 50.8 Å². The summed E-state index contributed by atoms with van der Waals surface area (Å²) >= 11 is 0. The van der Waals surface area contributed by atoms with Crippen molar-refractivity contribution in [3.8, 4) is 0 Å². The highest BCUT2D eigenvalue weighted by molar-refractivity contribution is 14.0. The van der Waals surface area contributed by atoms with Crippen molar-refractivity contribution < 1.29 is 0 Å². The smallest absolute Gasteiger partial charge is 0.191 e. The Bertz CT molecular complexity index is 541. The average molecular weight is 473 g/mol. The monoisotopic (exact) mass is 473 g/mol. The normalized spacial score (nSPS) is 21.3. The van der Waals surface area contributed by atoms with Crippen LogP contribution in [0.15, 0.2) is 35.3 Å². The lowest BCUT2D eigenvalue weighted by Crippen LogP contribution is -2.47. The molecule has 148 valence electrons. The number of aliphatic imine (C=N–C) groups is 1. The van der Waals surface area contributed by atoms with Crippen molar-refractivity contribution in [3.63, 3.8) is 0 Å². The first kappa shape index (κ1) is 23.2. The fraction of sp³-hybridized carbons (Fsp3) is 0.650. The minimum Gasteiger partial charge on any atom is -0.355 e. The molecule has 0 aromatic heterocycles. The van der Waals surface area contributed by atoms with Gasteiger partial charge in [0.15, 0.2) is 5.96 Å². The van der Waals surface area contributed by atoms with E-state index in [1.165, 1.54) is 5.56 Å². The van der Waals surface area contributed by atoms with Crippen LogP contribution in [-0.4, -0.2) is 55.2 Å². The number of guanidine groups is 1. The molecule has 0 saturated carbocycles. The number of nitrogens with one attached hydrogen (secondary N) is 3. The first-order valence-electron chi connectivity index (χ1n) is 9.37. The molecule has 1 aliphatic heterocycles. The summed E-state index contributed by atoms with van der Waals surface area (Å²) in [4.78, 5) is 6.91. The zero-order chi connectivity index (χ0) is 18.3. The molecule has 26 heavy (non-hydrogen) atoms. The zero-order valence-corrected chi connectivity index (χ0v) is 19.2. The van der Waals surface area contributed by atoms with E-state index in [1.54, 1.807) is 0 Å². The van der Waals surface area contributed by atoms with E-state index in [1.807, 2.05) is 7.05 Å². The summed E-state index contributed by atoms with van der Waals surface area (Å²) < 4.78 is 0. The lowest BCUT2D eigenvalue weighted by atomic mass is 10.1.